The van der Waals surface area contributed by atoms with Crippen molar-refractivity contribution in [3.8, 4) is 0 Å². The summed E-state index contributed by atoms with van der Waals surface area (Å²) in [5.41, 5.74) is 1.29. The number of urea groups is 1. The standard InChI is InChI=1S/C25H34ClN7O2S/c1-3-27-25(35)33-14-13-32(16-19(33)2)22-15-21(26)28-24(29-22)36-18-23(34)31-11-9-30(10-12-31)17-20-7-5-4-6-8-20/h4-8,15,19H,3,9-14,16-18H2,1-2H3,(H,27,35). The van der Waals surface area contributed by atoms with Gasteiger partial charge < -0.3 is 20.0 Å². The third-order valence-electron chi connectivity index (χ3n) is 6.50. The molecule has 3 amide bonds. The highest BCUT2D eigenvalue weighted by atomic mass is 35.5. The van der Waals surface area contributed by atoms with Crippen LogP contribution in [0.1, 0.15) is 19.4 Å². The van der Waals surface area contributed by atoms with Gasteiger partial charge in [0.25, 0.3) is 0 Å². The SMILES string of the molecule is CCNC(=O)N1CCN(c2cc(Cl)nc(SCC(=O)N3CCN(Cc4ccccc4)CC3)n2)CC1C. The van der Waals surface area contributed by atoms with Crippen molar-refractivity contribution in [3.63, 3.8) is 0 Å². The number of aromatic nitrogens is 2. The summed E-state index contributed by atoms with van der Waals surface area (Å²) >= 11 is 7.62. The minimum absolute atomic E-state index is 0.0391. The third-order valence-corrected chi connectivity index (χ3v) is 7.53. The van der Waals surface area contributed by atoms with Crippen molar-refractivity contribution < 1.29 is 9.59 Å². The molecule has 1 atom stereocenters. The van der Waals surface area contributed by atoms with E-state index >= 15 is 0 Å². The van der Waals surface area contributed by atoms with E-state index < -0.39 is 0 Å². The van der Waals surface area contributed by atoms with Gasteiger partial charge in [-0.05, 0) is 19.4 Å². The second-order valence-corrected chi connectivity index (χ2v) is 10.4. The first-order valence-corrected chi connectivity index (χ1v) is 13.8. The number of anilines is 1. The van der Waals surface area contributed by atoms with Gasteiger partial charge in [0.2, 0.25) is 5.91 Å². The molecule has 0 aliphatic carbocycles. The summed E-state index contributed by atoms with van der Waals surface area (Å²) in [7, 11) is 0. The van der Waals surface area contributed by atoms with Crippen LogP contribution in [0.4, 0.5) is 10.6 Å². The Hall–Kier alpha value is -2.56. The predicted octanol–water partition coefficient (Wildman–Crippen LogP) is 2.81. The number of thioether (sulfide) groups is 1. The Labute approximate surface area is 222 Å². The van der Waals surface area contributed by atoms with Crippen molar-refractivity contribution in [3.05, 3.63) is 47.1 Å². The van der Waals surface area contributed by atoms with Crippen LogP contribution in [0.25, 0.3) is 0 Å². The Bertz CT molecular complexity index is 1040. The fraction of sp³-hybridized carbons (Fsp3) is 0.520. The van der Waals surface area contributed by atoms with Gasteiger partial charge in [-0.15, -0.1) is 0 Å². The lowest BCUT2D eigenvalue weighted by atomic mass is 10.2. The van der Waals surface area contributed by atoms with Crippen LogP contribution in [0.15, 0.2) is 41.6 Å². The summed E-state index contributed by atoms with van der Waals surface area (Å²) in [6, 6.07) is 12.2. The molecule has 2 fully saturated rings. The molecule has 0 radical (unpaired) electrons. The first-order valence-electron chi connectivity index (χ1n) is 12.4. The van der Waals surface area contributed by atoms with E-state index in [0.29, 0.717) is 36.5 Å². The van der Waals surface area contributed by atoms with Crippen LogP contribution in [0.3, 0.4) is 0 Å². The lowest BCUT2D eigenvalue weighted by Crippen LogP contribution is -2.56. The van der Waals surface area contributed by atoms with Crippen molar-refractivity contribution in [1.82, 2.24) is 30.0 Å². The Balaban J connectivity index is 1.27. The van der Waals surface area contributed by atoms with Crippen LogP contribution < -0.4 is 10.2 Å². The van der Waals surface area contributed by atoms with Gasteiger partial charge in [-0.25, -0.2) is 14.8 Å². The average molecular weight is 532 g/mol. The number of carbonyl (C=O) groups is 2. The number of carbonyl (C=O) groups excluding carboxylic acids is 2. The topological polar surface area (TPSA) is 84.9 Å². The number of rotatable bonds is 7. The molecule has 2 aromatic rings. The molecule has 2 saturated heterocycles. The zero-order valence-electron chi connectivity index (χ0n) is 20.9. The largest absolute Gasteiger partial charge is 0.353 e. The molecule has 2 aliphatic heterocycles. The second kappa shape index (κ2) is 12.6. The van der Waals surface area contributed by atoms with E-state index in [0.717, 1.165) is 38.5 Å². The maximum absolute atomic E-state index is 12.8. The zero-order valence-corrected chi connectivity index (χ0v) is 22.5. The van der Waals surface area contributed by atoms with Crippen LogP contribution in [-0.2, 0) is 11.3 Å². The maximum atomic E-state index is 12.8. The highest BCUT2D eigenvalue weighted by molar-refractivity contribution is 7.99. The van der Waals surface area contributed by atoms with E-state index in [1.54, 1.807) is 6.07 Å². The van der Waals surface area contributed by atoms with E-state index in [4.69, 9.17) is 11.6 Å². The molecule has 11 heteroatoms. The number of piperazine rings is 2. The molecule has 36 heavy (non-hydrogen) atoms. The number of hydrogen-bond donors (Lipinski definition) is 1. The molecule has 0 saturated carbocycles. The monoisotopic (exact) mass is 531 g/mol. The second-order valence-electron chi connectivity index (χ2n) is 9.09. The summed E-state index contributed by atoms with van der Waals surface area (Å²) in [6.07, 6.45) is 0. The van der Waals surface area contributed by atoms with Gasteiger partial charge in [0, 0.05) is 71.0 Å². The molecule has 4 rings (SSSR count). The van der Waals surface area contributed by atoms with Gasteiger partial charge in [-0.1, -0.05) is 53.7 Å². The van der Waals surface area contributed by atoms with E-state index in [2.05, 4.69) is 49.4 Å². The molecule has 1 N–H and O–H groups in total. The average Bonchev–Trinajstić information content (AvgIpc) is 2.88. The number of nitrogens with one attached hydrogen (secondary N) is 1. The van der Waals surface area contributed by atoms with Gasteiger partial charge in [0.1, 0.15) is 11.0 Å². The normalized spacial score (nSPS) is 18.9. The molecule has 1 unspecified atom stereocenters. The third kappa shape index (κ3) is 7.02. The minimum atomic E-state index is -0.0407. The molecule has 194 valence electrons. The minimum Gasteiger partial charge on any atom is -0.353 e. The van der Waals surface area contributed by atoms with E-state index in [-0.39, 0.29) is 23.7 Å². The van der Waals surface area contributed by atoms with Crippen molar-refractivity contribution in [2.75, 3.05) is 63.0 Å². The van der Waals surface area contributed by atoms with Crippen molar-refractivity contribution in [2.45, 2.75) is 31.6 Å². The molecule has 3 heterocycles. The van der Waals surface area contributed by atoms with Crippen LogP contribution in [0.5, 0.6) is 0 Å². The van der Waals surface area contributed by atoms with Crippen molar-refractivity contribution >= 4 is 41.1 Å². The molecular formula is C25H34ClN7O2S. The fourth-order valence-corrected chi connectivity index (χ4v) is 5.53. The van der Waals surface area contributed by atoms with Gasteiger partial charge in [-0.3, -0.25) is 9.69 Å². The van der Waals surface area contributed by atoms with E-state index in [9.17, 15) is 9.59 Å². The maximum Gasteiger partial charge on any atom is 0.317 e. The number of halogens is 1. The summed E-state index contributed by atoms with van der Waals surface area (Å²) in [4.78, 5) is 42.4. The fourth-order valence-electron chi connectivity index (χ4n) is 4.55. The van der Waals surface area contributed by atoms with E-state index in [1.165, 1.54) is 17.3 Å². The van der Waals surface area contributed by atoms with Crippen LogP contribution in [-0.4, -0.2) is 101 Å². The van der Waals surface area contributed by atoms with Crippen LogP contribution >= 0.6 is 23.4 Å². The highest BCUT2D eigenvalue weighted by Crippen LogP contribution is 2.24. The highest BCUT2D eigenvalue weighted by Gasteiger charge is 2.28. The van der Waals surface area contributed by atoms with Gasteiger partial charge in [0.15, 0.2) is 5.16 Å². The molecule has 9 nitrogen and oxygen atoms in total. The van der Waals surface area contributed by atoms with E-state index in [1.807, 2.05) is 29.7 Å². The van der Waals surface area contributed by atoms with Gasteiger partial charge >= 0.3 is 6.03 Å². The van der Waals surface area contributed by atoms with Crippen molar-refractivity contribution in [1.29, 1.82) is 0 Å². The zero-order chi connectivity index (χ0) is 25.5. The van der Waals surface area contributed by atoms with Crippen LogP contribution in [0.2, 0.25) is 5.15 Å². The number of nitrogens with zero attached hydrogens (tertiary/aromatic N) is 6. The van der Waals surface area contributed by atoms with Crippen molar-refractivity contribution in [2.24, 2.45) is 0 Å². The smallest absolute Gasteiger partial charge is 0.317 e. The first kappa shape index (κ1) is 26.5. The van der Waals surface area contributed by atoms with Crippen LogP contribution in [0, 0.1) is 0 Å². The molecule has 1 aromatic carbocycles. The Morgan fingerprint density at radius 2 is 1.83 bits per heavy atom. The lowest BCUT2D eigenvalue weighted by molar-refractivity contribution is -0.130. The predicted molar refractivity (Wildman–Crippen MR) is 144 cm³/mol. The number of hydrogen-bond acceptors (Lipinski definition) is 7. The van der Waals surface area contributed by atoms with Gasteiger partial charge in [0.05, 0.1) is 5.75 Å². The summed E-state index contributed by atoms with van der Waals surface area (Å²) in [5.74, 6) is 1.09. The summed E-state index contributed by atoms with van der Waals surface area (Å²) in [5, 5.41) is 3.71. The molecule has 1 aromatic heterocycles. The Kier molecular flexibility index (Phi) is 9.28. The number of benzene rings is 1. The Morgan fingerprint density at radius 3 is 2.53 bits per heavy atom. The summed E-state index contributed by atoms with van der Waals surface area (Å²) in [6.45, 7) is 10.5. The molecule has 2 aliphatic rings. The van der Waals surface area contributed by atoms with Gasteiger partial charge in [-0.2, -0.15) is 0 Å². The Morgan fingerprint density at radius 1 is 1.08 bits per heavy atom. The molecule has 0 spiro atoms. The quantitative estimate of drug-likeness (QED) is 0.334. The summed E-state index contributed by atoms with van der Waals surface area (Å²) < 4.78 is 0. The first-order chi connectivity index (χ1) is 17.4. The number of amides is 3. The lowest BCUT2D eigenvalue weighted by Gasteiger charge is -2.40. The molecular weight excluding hydrogens is 498 g/mol. The molecule has 0 bridgehead atoms.